The number of methoxy groups -OCH3 is 1. The normalized spacial score (nSPS) is 18.0. The highest BCUT2D eigenvalue weighted by Crippen LogP contribution is 2.32. The van der Waals surface area contributed by atoms with Crippen LogP contribution in [0, 0.1) is 0 Å². The first-order chi connectivity index (χ1) is 11.1. The average Bonchev–Trinajstić information content (AvgIpc) is 2.66. The first kappa shape index (κ1) is 16.0. The van der Waals surface area contributed by atoms with Gasteiger partial charge in [-0.1, -0.05) is 17.7 Å². The molecule has 1 N–H and O–H groups in total. The molecule has 0 fully saturated rings. The largest absolute Gasteiger partial charge is 0.507 e. The van der Waals surface area contributed by atoms with E-state index < -0.39 is 0 Å². The van der Waals surface area contributed by atoms with Gasteiger partial charge in [0.1, 0.15) is 23.4 Å². The van der Waals surface area contributed by atoms with Gasteiger partial charge in [-0.3, -0.25) is 4.90 Å². The van der Waals surface area contributed by atoms with E-state index in [2.05, 4.69) is 4.90 Å². The Kier molecular flexibility index (Phi) is 4.64. The Bertz CT molecular complexity index is 705. The van der Waals surface area contributed by atoms with Gasteiger partial charge < -0.3 is 14.6 Å². The maximum Gasteiger partial charge on any atom is 0.127 e. The Labute approximate surface area is 141 Å². The molecule has 3 rings (SSSR count). The third-order valence-electron chi connectivity index (χ3n) is 3.97. The minimum atomic E-state index is 0.0503. The second-order valence-electron chi connectivity index (χ2n) is 5.81. The van der Waals surface area contributed by atoms with E-state index in [1.165, 1.54) is 0 Å². The third kappa shape index (κ3) is 3.54. The molecule has 122 valence electrons. The quantitative estimate of drug-likeness (QED) is 0.926. The van der Waals surface area contributed by atoms with Gasteiger partial charge >= 0.3 is 0 Å². The van der Waals surface area contributed by atoms with E-state index in [0.29, 0.717) is 23.9 Å². The van der Waals surface area contributed by atoms with Crippen LogP contribution < -0.4 is 9.47 Å². The Hall–Kier alpha value is -1.91. The zero-order valence-corrected chi connectivity index (χ0v) is 14.0. The molecule has 0 bridgehead atoms. The van der Waals surface area contributed by atoms with Crippen molar-refractivity contribution in [3.05, 3.63) is 52.5 Å². The fraction of sp³-hybridized carbons (Fsp3) is 0.333. The lowest BCUT2D eigenvalue weighted by Crippen LogP contribution is -2.30. The van der Waals surface area contributed by atoms with Crippen molar-refractivity contribution >= 4 is 11.6 Å². The van der Waals surface area contributed by atoms with E-state index in [1.807, 2.05) is 31.2 Å². The summed E-state index contributed by atoms with van der Waals surface area (Å²) in [5.74, 6) is 1.80. The predicted molar refractivity (Wildman–Crippen MR) is 90.3 cm³/mol. The fourth-order valence-electron chi connectivity index (χ4n) is 2.96. The summed E-state index contributed by atoms with van der Waals surface area (Å²) in [6.07, 6.45) is 0.0503. The van der Waals surface area contributed by atoms with Crippen molar-refractivity contribution in [1.82, 2.24) is 4.90 Å². The van der Waals surface area contributed by atoms with Crippen LogP contribution in [-0.4, -0.2) is 29.8 Å². The monoisotopic (exact) mass is 333 g/mol. The molecular weight excluding hydrogens is 314 g/mol. The number of rotatable bonds is 3. The fourth-order valence-corrected chi connectivity index (χ4v) is 3.15. The number of halogens is 1. The summed E-state index contributed by atoms with van der Waals surface area (Å²) < 4.78 is 11.3. The molecule has 0 saturated heterocycles. The van der Waals surface area contributed by atoms with E-state index in [-0.39, 0.29) is 11.9 Å². The van der Waals surface area contributed by atoms with Crippen molar-refractivity contribution in [2.24, 2.45) is 0 Å². The van der Waals surface area contributed by atoms with Crippen molar-refractivity contribution in [3.63, 3.8) is 0 Å². The lowest BCUT2D eigenvalue weighted by Gasteiger charge is -2.23. The molecule has 2 aromatic carbocycles. The molecule has 23 heavy (non-hydrogen) atoms. The molecule has 0 amide bonds. The molecule has 1 heterocycles. The molecular formula is C18H20ClNO3. The number of ether oxygens (including phenoxy) is 2. The average molecular weight is 334 g/mol. The number of fused-ring (bicyclic) bond motifs is 1. The number of phenolic OH excluding ortho intramolecular Hbond substituents is 1. The number of nitrogens with zero attached hydrogens (tertiary/aromatic N) is 1. The summed E-state index contributed by atoms with van der Waals surface area (Å²) >= 11 is 6.11. The van der Waals surface area contributed by atoms with Gasteiger partial charge in [0, 0.05) is 35.8 Å². The molecule has 2 aromatic rings. The van der Waals surface area contributed by atoms with Gasteiger partial charge in [0.05, 0.1) is 7.11 Å². The molecule has 1 aliphatic rings. The minimum Gasteiger partial charge on any atom is -0.507 e. The number of hydrogen-bond donors (Lipinski definition) is 1. The standard InChI is InChI=1S/C18H20ClNO3/c1-12-9-20(10-13-8-14(19)6-7-17(13)23-12)11-15-16(21)4-3-5-18(15)22-2/h3-8,12,21H,9-11H2,1-2H3/t12-/m0/s1. The van der Waals surface area contributed by atoms with Gasteiger partial charge in [-0.2, -0.15) is 0 Å². The lowest BCUT2D eigenvalue weighted by molar-refractivity contribution is 0.154. The SMILES string of the molecule is COc1cccc(O)c1CN1Cc2cc(Cl)ccc2O[C@@H](C)C1. The number of benzene rings is 2. The summed E-state index contributed by atoms with van der Waals surface area (Å²) in [5, 5.41) is 10.9. The molecule has 0 aromatic heterocycles. The highest BCUT2D eigenvalue weighted by Gasteiger charge is 2.22. The Morgan fingerprint density at radius 3 is 2.96 bits per heavy atom. The van der Waals surface area contributed by atoms with Gasteiger partial charge in [0.25, 0.3) is 0 Å². The van der Waals surface area contributed by atoms with E-state index in [1.54, 1.807) is 19.2 Å². The van der Waals surface area contributed by atoms with Crippen molar-refractivity contribution in [2.75, 3.05) is 13.7 Å². The molecule has 1 aliphatic heterocycles. The summed E-state index contributed by atoms with van der Waals surface area (Å²) in [6.45, 7) is 4.08. The summed E-state index contributed by atoms with van der Waals surface area (Å²) in [4.78, 5) is 2.23. The van der Waals surface area contributed by atoms with Crippen LogP contribution >= 0.6 is 11.6 Å². The van der Waals surface area contributed by atoms with Gasteiger partial charge in [-0.15, -0.1) is 0 Å². The zero-order chi connectivity index (χ0) is 16.4. The minimum absolute atomic E-state index is 0.0503. The van der Waals surface area contributed by atoms with Gasteiger partial charge in [-0.05, 0) is 37.3 Å². The van der Waals surface area contributed by atoms with E-state index in [4.69, 9.17) is 21.1 Å². The van der Waals surface area contributed by atoms with E-state index in [0.717, 1.165) is 23.4 Å². The van der Waals surface area contributed by atoms with E-state index >= 15 is 0 Å². The Morgan fingerprint density at radius 1 is 1.35 bits per heavy atom. The van der Waals surface area contributed by atoms with Gasteiger partial charge in [0.15, 0.2) is 0 Å². The summed E-state index contributed by atoms with van der Waals surface area (Å²) in [6, 6.07) is 11.0. The first-order valence-corrected chi connectivity index (χ1v) is 7.97. The predicted octanol–water partition coefficient (Wildman–Crippen LogP) is 3.84. The van der Waals surface area contributed by atoms with Crippen LogP contribution in [0.3, 0.4) is 0 Å². The molecule has 5 heteroatoms. The van der Waals surface area contributed by atoms with Crippen LogP contribution in [-0.2, 0) is 13.1 Å². The van der Waals surface area contributed by atoms with Crippen molar-refractivity contribution in [3.8, 4) is 17.2 Å². The lowest BCUT2D eigenvalue weighted by atomic mass is 10.1. The summed E-state index contributed by atoms with van der Waals surface area (Å²) in [5.41, 5.74) is 1.84. The van der Waals surface area contributed by atoms with Crippen LogP contribution in [0.15, 0.2) is 36.4 Å². The Morgan fingerprint density at radius 2 is 2.17 bits per heavy atom. The summed E-state index contributed by atoms with van der Waals surface area (Å²) in [7, 11) is 1.61. The first-order valence-electron chi connectivity index (χ1n) is 7.59. The van der Waals surface area contributed by atoms with Crippen LogP contribution in [0.4, 0.5) is 0 Å². The second kappa shape index (κ2) is 6.69. The molecule has 0 saturated carbocycles. The molecule has 0 spiro atoms. The highest BCUT2D eigenvalue weighted by atomic mass is 35.5. The molecule has 0 aliphatic carbocycles. The van der Waals surface area contributed by atoms with Crippen molar-refractivity contribution < 1.29 is 14.6 Å². The van der Waals surface area contributed by atoms with E-state index in [9.17, 15) is 5.11 Å². The molecule has 0 unspecified atom stereocenters. The molecule has 4 nitrogen and oxygen atoms in total. The zero-order valence-electron chi connectivity index (χ0n) is 13.3. The maximum absolute atomic E-state index is 10.2. The third-order valence-corrected chi connectivity index (χ3v) is 4.20. The van der Waals surface area contributed by atoms with Gasteiger partial charge in [0.2, 0.25) is 0 Å². The van der Waals surface area contributed by atoms with Crippen LogP contribution in [0.5, 0.6) is 17.2 Å². The van der Waals surface area contributed by atoms with Crippen molar-refractivity contribution in [1.29, 1.82) is 0 Å². The number of hydrogen-bond acceptors (Lipinski definition) is 4. The molecule has 1 atom stereocenters. The van der Waals surface area contributed by atoms with Crippen LogP contribution in [0.2, 0.25) is 5.02 Å². The van der Waals surface area contributed by atoms with Crippen molar-refractivity contribution in [2.45, 2.75) is 26.1 Å². The topological polar surface area (TPSA) is 41.9 Å². The second-order valence-corrected chi connectivity index (χ2v) is 6.24. The maximum atomic E-state index is 10.2. The Balaban J connectivity index is 1.89. The van der Waals surface area contributed by atoms with Crippen LogP contribution in [0.25, 0.3) is 0 Å². The van der Waals surface area contributed by atoms with Gasteiger partial charge in [-0.25, -0.2) is 0 Å². The highest BCUT2D eigenvalue weighted by molar-refractivity contribution is 6.30. The molecule has 0 radical (unpaired) electrons. The smallest absolute Gasteiger partial charge is 0.127 e. The number of phenols is 1. The number of aromatic hydroxyl groups is 1. The van der Waals surface area contributed by atoms with Crippen LogP contribution in [0.1, 0.15) is 18.1 Å².